The summed E-state index contributed by atoms with van der Waals surface area (Å²) in [6.07, 6.45) is 3.86. The summed E-state index contributed by atoms with van der Waals surface area (Å²) >= 11 is 0. The van der Waals surface area contributed by atoms with Gasteiger partial charge in [0, 0.05) is 45.6 Å². The van der Waals surface area contributed by atoms with E-state index in [1.54, 1.807) is 0 Å². The Bertz CT molecular complexity index is 964. The lowest BCUT2D eigenvalue weighted by atomic mass is 10.0. The van der Waals surface area contributed by atoms with Gasteiger partial charge in [-0.3, -0.25) is 14.6 Å². The standard InChI is InChI=1S/C25H31N5O/c1-20(21-9-5-3-6-10-21)27-23(31)19-29-15-17-30(18-16-29)24(22-11-7-4-8-12-22)25-26-13-14-28(25)2/h3-14,20,24H,15-19H2,1-2H3,(H,27,31)/t20-,24+/m1/s1. The lowest BCUT2D eigenvalue weighted by molar-refractivity contribution is -0.123. The Balaban J connectivity index is 1.36. The van der Waals surface area contributed by atoms with Crippen LogP contribution in [-0.2, 0) is 11.8 Å². The molecule has 0 unspecified atom stereocenters. The molecule has 2 atom stereocenters. The first kappa shape index (κ1) is 21.3. The number of piperazine rings is 1. The van der Waals surface area contributed by atoms with Crippen molar-refractivity contribution in [2.45, 2.75) is 19.0 Å². The molecule has 6 heteroatoms. The van der Waals surface area contributed by atoms with Crippen LogP contribution in [-0.4, -0.2) is 58.0 Å². The molecule has 1 aromatic heterocycles. The van der Waals surface area contributed by atoms with Crippen LogP contribution in [0.3, 0.4) is 0 Å². The van der Waals surface area contributed by atoms with Gasteiger partial charge in [-0.25, -0.2) is 4.98 Å². The number of nitrogens with zero attached hydrogens (tertiary/aromatic N) is 4. The Hall–Kier alpha value is -2.96. The maximum Gasteiger partial charge on any atom is 0.234 e. The second-order valence-corrected chi connectivity index (χ2v) is 8.22. The Kier molecular flexibility index (Phi) is 6.79. The average Bonchev–Trinajstić information content (AvgIpc) is 3.22. The van der Waals surface area contributed by atoms with E-state index in [4.69, 9.17) is 0 Å². The van der Waals surface area contributed by atoms with Crippen molar-refractivity contribution in [3.05, 3.63) is 90.0 Å². The zero-order valence-electron chi connectivity index (χ0n) is 18.3. The van der Waals surface area contributed by atoms with Crippen LogP contribution in [0.15, 0.2) is 73.1 Å². The maximum atomic E-state index is 12.6. The molecule has 1 aliphatic rings. The molecule has 2 heterocycles. The molecule has 0 aliphatic carbocycles. The third kappa shape index (κ3) is 5.21. The lowest BCUT2D eigenvalue weighted by Crippen LogP contribution is -2.50. The highest BCUT2D eigenvalue weighted by Gasteiger charge is 2.29. The monoisotopic (exact) mass is 417 g/mol. The van der Waals surface area contributed by atoms with Crippen LogP contribution < -0.4 is 5.32 Å². The van der Waals surface area contributed by atoms with Crippen molar-refractivity contribution in [3.8, 4) is 0 Å². The summed E-state index contributed by atoms with van der Waals surface area (Å²) in [5, 5.41) is 3.13. The Morgan fingerprint density at radius 1 is 0.968 bits per heavy atom. The van der Waals surface area contributed by atoms with E-state index in [-0.39, 0.29) is 18.0 Å². The van der Waals surface area contributed by atoms with Crippen LogP contribution in [0.25, 0.3) is 0 Å². The predicted molar refractivity (Wildman–Crippen MR) is 123 cm³/mol. The predicted octanol–water partition coefficient (Wildman–Crippen LogP) is 3.00. The number of hydrogen-bond acceptors (Lipinski definition) is 4. The number of rotatable bonds is 7. The van der Waals surface area contributed by atoms with E-state index in [1.165, 1.54) is 5.56 Å². The first-order chi connectivity index (χ1) is 15.1. The number of benzene rings is 2. The zero-order chi connectivity index (χ0) is 21.6. The molecule has 1 fully saturated rings. The first-order valence-corrected chi connectivity index (χ1v) is 10.9. The highest BCUT2D eigenvalue weighted by atomic mass is 16.2. The van der Waals surface area contributed by atoms with Crippen LogP contribution >= 0.6 is 0 Å². The van der Waals surface area contributed by atoms with Crippen LogP contribution in [0.1, 0.15) is 36.0 Å². The molecule has 0 saturated carbocycles. The van der Waals surface area contributed by atoms with E-state index in [0.29, 0.717) is 6.54 Å². The van der Waals surface area contributed by atoms with Crippen molar-refractivity contribution >= 4 is 5.91 Å². The third-order valence-electron chi connectivity index (χ3n) is 6.03. The smallest absolute Gasteiger partial charge is 0.234 e. The molecule has 6 nitrogen and oxygen atoms in total. The lowest BCUT2D eigenvalue weighted by Gasteiger charge is -2.39. The van der Waals surface area contributed by atoms with Gasteiger partial charge >= 0.3 is 0 Å². The summed E-state index contributed by atoms with van der Waals surface area (Å²) < 4.78 is 2.10. The fourth-order valence-electron chi connectivity index (χ4n) is 4.29. The Morgan fingerprint density at radius 2 is 1.58 bits per heavy atom. The molecular weight excluding hydrogens is 386 g/mol. The fraction of sp³-hybridized carbons (Fsp3) is 0.360. The van der Waals surface area contributed by atoms with Crippen molar-refractivity contribution in [1.29, 1.82) is 0 Å². The molecule has 0 bridgehead atoms. The maximum absolute atomic E-state index is 12.6. The number of nitrogens with one attached hydrogen (secondary N) is 1. The number of amides is 1. The highest BCUT2D eigenvalue weighted by molar-refractivity contribution is 5.78. The summed E-state index contributed by atoms with van der Waals surface area (Å²) in [5.74, 6) is 1.13. The van der Waals surface area contributed by atoms with Gasteiger partial charge in [0.2, 0.25) is 5.91 Å². The molecule has 2 aromatic carbocycles. The van der Waals surface area contributed by atoms with Gasteiger partial charge in [-0.15, -0.1) is 0 Å². The molecular formula is C25H31N5O. The minimum atomic E-state index is 0.0147. The van der Waals surface area contributed by atoms with E-state index in [9.17, 15) is 4.79 Å². The second kappa shape index (κ2) is 9.90. The number of hydrogen-bond donors (Lipinski definition) is 1. The van der Waals surface area contributed by atoms with E-state index in [0.717, 1.165) is 37.6 Å². The highest BCUT2D eigenvalue weighted by Crippen LogP contribution is 2.28. The molecule has 1 aliphatic heterocycles. The van der Waals surface area contributed by atoms with Gasteiger partial charge in [-0.2, -0.15) is 0 Å². The Morgan fingerprint density at radius 3 is 2.16 bits per heavy atom. The average molecular weight is 418 g/mol. The van der Waals surface area contributed by atoms with E-state index < -0.39 is 0 Å². The molecule has 0 radical (unpaired) electrons. The largest absolute Gasteiger partial charge is 0.348 e. The summed E-state index contributed by atoms with van der Waals surface area (Å²) in [6, 6.07) is 20.8. The van der Waals surface area contributed by atoms with Crippen LogP contribution in [0.5, 0.6) is 0 Å². The van der Waals surface area contributed by atoms with Gasteiger partial charge in [0.1, 0.15) is 5.82 Å². The van der Waals surface area contributed by atoms with Gasteiger partial charge in [-0.1, -0.05) is 60.7 Å². The van der Waals surface area contributed by atoms with Crippen molar-refractivity contribution in [3.63, 3.8) is 0 Å². The van der Waals surface area contributed by atoms with Crippen LogP contribution in [0.2, 0.25) is 0 Å². The quantitative estimate of drug-likeness (QED) is 0.642. The minimum Gasteiger partial charge on any atom is -0.348 e. The molecule has 4 rings (SSSR count). The topological polar surface area (TPSA) is 53.4 Å². The van der Waals surface area contributed by atoms with Gasteiger partial charge in [-0.05, 0) is 18.1 Å². The molecule has 0 spiro atoms. The molecule has 1 amide bonds. The summed E-state index contributed by atoms with van der Waals surface area (Å²) in [6.45, 7) is 5.98. The normalized spacial score (nSPS) is 17.2. The first-order valence-electron chi connectivity index (χ1n) is 10.9. The van der Waals surface area contributed by atoms with Gasteiger partial charge in [0.25, 0.3) is 0 Å². The summed E-state index contributed by atoms with van der Waals surface area (Å²) in [7, 11) is 2.05. The van der Waals surface area contributed by atoms with Crippen LogP contribution in [0, 0.1) is 0 Å². The summed E-state index contributed by atoms with van der Waals surface area (Å²) in [4.78, 5) is 21.9. The zero-order valence-corrected chi connectivity index (χ0v) is 18.3. The van der Waals surface area contributed by atoms with E-state index in [1.807, 2.05) is 62.8 Å². The van der Waals surface area contributed by atoms with Gasteiger partial charge < -0.3 is 9.88 Å². The van der Waals surface area contributed by atoms with Gasteiger partial charge in [0.05, 0.1) is 18.6 Å². The van der Waals surface area contributed by atoms with Crippen molar-refractivity contribution < 1.29 is 4.79 Å². The van der Waals surface area contributed by atoms with E-state index in [2.05, 4.69) is 48.9 Å². The second-order valence-electron chi connectivity index (χ2n) is 8.22. The Labute approximate surface area is 184 Å². The number of carbonyl (C=O) groups excluding carboxylic acids is 1. The molecule has 31 heavy (non-hydrogen) atoms. The molecule has 3 aromatic rings. The third-order valence-corrected chi connectivity index (χ3v) is 6.03. The number of aromatic nitrogens is 2. The molecule has 1 N–H and O–H groups in total. The number of imidazole rings is 1. The number of aryl methyl sites for hydroxylation is 1. The molecule has 1 saturated heterocycles. The number of carbonyl (C=O) groups is 1. The van der Waals surface area contributed by atoms with Crippen molar-refractivity contribution in [2.75, 3.05) is 32.7 Å². The minimum absolute atomic E-state index is 0.0147. The van der Waals surface area contributed by atoms with E-state index >= 15 is 0 Å². The fourth-order valence-corrected chi connectivity index (χ4v) is 4.29. The SMILES string of the molecule is C[C@@H](NC(=O)CN1CCN([C@@H](c2ccccc2)c2nccn2C)CC1)c1ccccc1. The van der Waals surface area contributed by atoms with Crippen molar-refractivity contribution in [2.24, 2.45) is 7.05 Å². The van der Waals surface area contributed by atoms with Gasteiger partial charge in [0.15, 0.2) is 0 Å². The summed E-state index contributed by atoms with van der Waals surface area (Å²) in [5.41, 5.74) is 2.38. The van der Waals surface area contributed by atoms with Crippen LogP contribution in [0.4, 0.5) is 0 Å². The van der Waals surface area contributed by atoms with Crippen molar-refractivity contribution in [1.82, 2.24) is 24.7 Å². The molecule has 162 valence electrons.